The largest absolute Gasteiger partial charge is 0.480 e. The predicted octanol–water partition coefficient (Wildman–Crippen LogP) is -0.0108. The third kappa shape index (κ3) is 2.56. The SMILES string of the molecule is CCC(N)Cn1nc(OC)ccc1=O. The third-order valence-corrected chi connectivity index (χ3v) is 1.98. The fourth-order valence-electron chi connectivity index (χ4n) is 1.02. The van der Waals surface area contributed by atoms with Crippen molar-refractivity contribution in [1.82, 2.24) is 9.78 Å². The van der Waals surface area contributed by atoms with Crippen LogP contribution in [0.15, 0.2) is 16.9 Å². The first-order valence-electron chi connectivity index (χ1n) is 4.55. The van der Waals surface area contributed by atoms with Gasteiger partial charge in [0.05, 0.1) is 13.7 Å². The Bertz CT molecular complexity index is 348. The molecule has 1 aromatic rings. The van der Waals surface area contributed by atoms with Crippen LogP contribution in [0.1, 0.15) is 13.3 Å². The lowest BCUT2D eigenvalue weighted by Gasteiger charge is -2.10. The van der Waals surface area contributed by atoms with Gasteiger partial charge in [-0.3, -0.25) is 4.79 Å². The molecule has 1 atom stereocenters. The van der Waals surface area contributed by atoms with Crippen LogP contribution < -0.4 is 16.0 Å². The van der Waals surface area contributed by atoms with Crippen molar-refractivity contribution in [3.63, 3.8) is 0 Å². The topological polar surface area (TPSA) is 70.1 Å². The van der Waals surface area contributed by atoms with Crippen LogP contribution >= 0.6 is 0 Å². The highest BCUT2D eigenvalue weighted by Gasteiger charge is 2.04. The Labute approximate surface area is 82.5 Å². The zero-order valence-electron chi connectivity index (χ0n) is 8.43. The van der Waals surface area contributed by atoms with E-state index < -0.39 is 0 Å². The molecule has 2 N–H and O–H groups in total. The van der Waals surface area contributed by atoms with Crippen molar-refractivity contribution in [3.8, 4) is 5.88 Å². The van der Waals surface area contributed by atoms with Crippen LogP contribution in [0.3, 0.4) is 0 Å². The lowest BCUT2D eigenvalue weighted by Crippen LogP contribution is -2.32. The molecule has 1 rings (SSSR count). The van der Waals surface area contributed by atoms with Crippen molar-refractivity contribution in [2.75, 3.05) is 7.11 Å². The molecule has 0 amide bonds. The molecule has 5 heteroatoms. The molecule has 1 heterocycles. The third-order valence-electron chi connectivity index (χ3n) is 1.98. The minimum Gasteiger partial charge on any atom is -0.480 e. The molecule has 0 radical (unpaired) electrons. The van der Waals surface area contributed by atoms with E-state index in [0.717, 1.165) is 6.42 Å². The van der Waals surface area contributed by atoms with E-state index >= 15 is 0 Å². The minimum absolute atomic E-state index is 0.0488. The van der Waals surface area contributed by atoms with Crippen LogP contribution in [-0.2, 0) is 6.54 Å². The van der Waals surface area contributed by atoms with Gasteiger partial charge in [-0.25, -0.2) is 4.68 Å². The number of hydrogen-bond acceptors (Lipinski definition) is 4. The molecule has 0 saturated carbocycles. The number of aromatic nitrogens is 2. The Morgan fingerprint density at radius 2 is 2.36 bits per heavy atom. The summed E-state index contributed by atoms with van der Waals surface area (Å²) in [5.41, 5.74) is 5.57. The summed E-state index contributed by atoms with van der Waals surface area (Å²) in [5, 5.41) is 3.98. The maximum Gasteiger partial charge on any atom is 0.267 e. The van der Waals surface area contributed by atoms with E-state index in [0.29, 0.717) is 12.4 Å². The van der Waals surface area contributed by atoms with Crippen LogP contribution in [0.25, 0.3) is 0 Å². The van der Waals surface area contributed by atoms with Gasteiger partial charge in [0.15, 0.2) is 0 Å². The van der Waals surface area contributed by atoms with Crippen molar-refractivity contribution in [2.45, 2.75) is 25.9 Å². The van der Waals surface area contributed by atoms with Crippen LogP contribution in [0.5, 0.6) is 5.88 Å². The molecular formula is C9H15N3O2. The number of ether oxygens (including phenoxy) is 1. The average molecular weight is 197 g/mol. The van der Waals surface area contributed by atoms with Crippen LogP contribution in [0.4, 0.5) is 0 Å². The first kappa shape index (κ1) is 10.7. The summed E-state index contributed by atoms with van der Waals surface area (Å²) in [4.78, 5) is 11.3. The molecule has 0 aliphatic carbocycles. The minimum atomic E-state index is -0.158. The number of nitrogens with two attached hydrogens (primary N) is 1. The van der Waals surface area contributed by atoms with Crippen LogP contribution in [0.2, 0.25) is 0 Å². The zero-order valence-corrected chi connectivity index (χ0v) is 8.43. The first-order valence-corrected chi connectivity index (χ1v) is 4.55. The first-order chi connectivity index (χ1) is 6.67. The van der Waals surface area contributed by atoms with Crippen molar-refractivity contribution < 1.29 is 4.74 Å². The number of rotatable bonds is 4. The average Bonchev–Trinajstić information content (AvgIpc) is 2.21. The van der Waals surface area contributed by atoms with Gasteiger partial charge in [-0.1, -0.05) is 6.92 Å². The Kier molecular flexibility index (Phi) is 3.64. The van der Waals surface area contributed by atoms with Crippen LogP contribution in [-0.4, -0.2) is 22.9 Å². The molecule has 0 aliphatic heterocycles. The molecule has 1 unspecified atom stereocenters. The maximum atomic E-state index is 11.3. The summed E-state index contributed by atoms with van der Waals surface area (Å²) in [5.74, 6) is 0.424. The molecule has 5 nitrogen and oxygen atoms in total. The Balaban J connectivity index is 2.89. The highest BCUT2D eigenvalue weighted by atomic mass is 16.5. The van der Waals surface area contributed by atoms with E-state index in [2.05, 4.69) is 5.10 Å². The molecule has 0 bridgehead atoms. The Morgan fingerprint density at radius 1 is 1.64 bits per heavy atom. The molecule has 78 valence electrons. The van der Waals surface area contributed by atoms with Gasteiger partial charge in [0.2, 0.25) is 5.88 Å². The number of methoxy groups -OCH3 is 1. The van der Waals surface area contributed by atoms with Crippen LogP contribution in [0, 0.1) is 0 Å². The number of hydrogen-bond donors (Lipinski definition) is 1. The molecule has 0 aliphatic rings. The van der Waals surface area contributed by atoms with E-state index in [-0.39, 0.29) is 11.6 Å². The summed E-state index contributed by atoms with van der Waals surface area (Å²) < 4.78 is 6.24. The van der Waals surface area contributed by atoms with E-state index in [1.807, 2.05) is 6.92 Å². The number of nitrogens with zero attached hydrogens (tertiary/aromatic N) is 2. The fraction of sp³-hybridized carbons (Fsp3) is 0.556. The quantitative estimate of drug-likeness (QED) is 0.737. The maximum absolute atomic E-state index is 11.3. The summed E-state index contributed by atoms with van der Waals surface area (Å²) in [6.07, 6.45) is 0.811. The fourth-order valence-corrected chi connectivity index (χ4v) is 1.02. The summed E-state index contributed by atoms with van der Waals surface area (Å²) in [6.45, 7) is 2.39. The monoisotopic (exact) mass is 197 g/mol. The second kappa shape index (κ2) is 4.76. The van der Waals surface area contributed by atoms with Gasteiger partial charge < -0.3 is 10.5 Å². The van der Waals surface area contributed by atoms with Gasteiger partial charge in [-0.15, -0.1) is 5.10 Å². The summed E-state index contributed by atoms with van der Waals surface area (Å²) in [6, 6.07) is 2.91. The summed E-state index contributed by atoms with van der Waals surface area (Å²) >= 11 is 0. The Morgan fingerprint density at radius 3 is 2.93 bits per heavy atom. The van der Waals surface area contributed by atoms with Gasteiger partial charge in [-0.05, 0) is 6.42 Å². The zero-order chi connectivity index (χ0) is 10.6. The normalized spacial score (nSPS) is 12.5. The van der Waals surface area contributed by atoms with Crippen molar-refractivity contribution >= 4 is 0 Å². The smallest absolute Gasteiger partial charge is 0.267 e. The van der Waals surface area contributed by atoms with Crippen molar-refractivity contribution in [2.24, 2.45) is 5.73 Å². The lowest BCUT2D eigenvalue weighted by molar-refractivity contribution is 0.368. The standard InChI is InChI=1S/C9H15N3O2/c1-3-7(10)6-12-9(13)5-4-8(11-12)14-2/h4-5,7H,3,6,10H2,1-2H3. The van der Waals surface area contributed by atoms with Crippen molar-refractivity contribution in [3.05, 3.63) is 22.5 Å². The van der Waals surface area contributed by atoms with Crippen molar-refractivity contribution in [1.29, 1.82) is 0 Å². The highest BCUT2D eigenvalue weighted by Crippen LogP contribution is 1.99. The molecule has 0 fully saturated rings. The Hall–Kier alpha value is -1.36. The van der Waals surface area contributed by atoms with Gasteiger partial charge in [0.25, 0.3) is 5.56 Å². The summed E-state index contributed by atoms with van der Waals surface area (Å²) in [7, 11) is 1.51. The molecular weight excluding hydrogens is 182 g/mol. The highest BCUT2D eigenvalue weighted by molar-refractivity contribution is 5.06. The van der Waals surface area contributed by atoms with E-state index in [4.69, 9.17) is 10.5 Å². The molecule has 14 heavy (non-hydrogen) atoms. The molecule has 0 spiro atoms. The van der Waals surface area contributed by atoms with Gasteiger partial charge in [-0.2, -0.15) is 0 Å². The second-order valence-corrected chi connectivity index (χ2v) is 3.06. The van der Waals surface area contributed by atoms with E-state index in [1.54, 1.807) is 0 Å². The molecule has 1 aromatic heterocycles. The van der Waals surface area contributed by atoms with Gasteiger partial charge in [0.1, 0.15) is 0 Å². The van der Waals surface area contributed by atoms with E-state index in [1.165, 1.54) is 23.9 Å². The van der Waals surface area contributed by atoms with Gasteiger partial charge in [0, 0.05) is 18.2 Å². The predicted molar refractivity (Wildman–Crippen MR) is 53.3 cm³/mol. The molecule has 0 saturated heterocycles. The van der Waals surface area contributed by atoms with E-state index in [9.17, 15) is 4.79 Å². The lowest BCUT2D eigenvalue weighted by atomic mass is 10.2. The molecule has 0 aromatic carbocycles. The second-order valence-electron chi connectivity index (χ2n) is 3.06. The van der Waals surface area contributed by atoms with Gasteiger partial charge >= 0.3 is 0 Å².